The lowest BCUT2D eigenvalue weighted by molar-refractivity contribution is 0.315. The molecule has 0 radical (unpaired) electrons. The maximum Gasteiger partial charge on any atom is 0.131 e. The van der Waals surface area contributed by atoms with E-state index in [1.54, 1.807) is 0 Å². The standard InChI is InChI=1S/C16H28N4/c1-12(2)17-9-14-8-13(3)16(18-10-14)20-7-6-15(11-20)19(4)5/h8,10,12,15,17H,6-7,9,11H2,1-5H3. The number of nitrogens with one attached hydrogen (secondary N) is 1. The van der Waals surface area contributed by atoms with Gasteiger partial charge in [-0.15, -0.1) is 0 Å². The van der Waals surface area contributed by atoms with E-state index in [1.165, 1.54) is 17.5 Å². The van der Waals surface area contributed by atoms with Gasteiger partial charge in [-0.25, -0.2) is 4.98 Å². The van der Waals surface area contributed by atoms with Crippen molar-refractivity contribution in [3.63, 3.8) is 0 Å². The van der Waals surface area contributed by atoms with E-state index in [2.05, 4.69) is 56.0 Å². The van der Waals surface area contributed by atoms with Gasteiger partial charge in [0.2, 0.25) is 0 Å². The van der Waals surface area contributed by atoms with Gasteiger partial charge in [0.25, 0.3) is 0 Å². The summed E-state index contributed by atoms with van der Waals surface area (Å²) in [6.45, 7) is 9.60. The number of nitrogens with zero attached hydrogens (tertiary/aromatic N) is 3. The fraction of sp³-hybridized carbons (Fsp3) is 0.688. The molecule has 1 unspecified atom stereocenters. The van der Waals surface area contributed by atoms with E-state index in [0.717, 1.165) is 25.5 Å². The molecule has 2 rings (SSSR count). The Balaban J connectivity index is 2.03. The first-order valence-electron chi connectivity index (χ1n) is 7.57. The first-order valence-corrected chi connectivity index (χ1v) is 7.57. The van der Waals surface area contributed by atoms with Gasteiger partial charge in [0.1, 0.15) is 5.82 Å². The minimum atomic E-state index is 0.509. The van der Waals surface area contributed by atoms with Crippen molar-refractivity contribution in [1.29, 1.82) is 0 Å². The molecule has 1 aliphatic rings. The average Bonchev–Trinajstić information content (AvgIpc) is 2.86. The van der Waals surface area contributed by atoms with Crippen molar-refractivity contribution in [3.05, 3.63) is 23.4 Å². The molecule has 4 heteroatoms. The maximum atomic E-state index is 4.70. The minimum absolute atomic E-state index is 0.509. The number of hydrogen-bond acceptors (Lipinski definition) is 4. The Kier molecular flexibility index (Phi) is 5.00. The summed E-state index contributed by atoms with van der Waals surface area (Å²) in [5, 5.41) is 3.44. The van der Waals surface area contributed by atoms with Crippen molar-refractivity contribution in [3.8, 4) is 0 Å². The molecule has 0 spiro atoms. The number of rotatable bonds is 5. The Morgan fingerprint density at radius 3 is 2.75 bits per heavy atom. The summed E-state index contributed by atoms with van der Waals surface area (Å²) in [6.07, 6.45) is 3.24. The van der Waals surface area contributed by atoms with Crippen molar-refractivity contribution >= 4 is 5.82 Å². The van der Waals surface area contributed by atoms with Crippen molar-refractivity contribution < 1.29 is 0 Å². The molecule has 1 saturated heterocycles. The molecule has 1 aromatic heterocycles. The van der Waals surface area contributed by atoms with Gasteiger partial charge in [0, 0.05) is 37.9 Å². The number of hydrogen-bond donors (Lipinski definition) is 1. The largest absolute Gasteiger partial charge is 0.355 e. The Bertz CT molecular complexity index is 442. The van der Waals surface area contributed by atoms with Crippen LogP contribution >= 0.6 is 0 Å². The maximum absolute atomic E-state index is 4.70. The van der Waals surface area contributed by atoms with E-state index < -0.39 is 0 Å². The Hall–Kier alpha value is -1.13. The normalized spacial score (nSPS) is 19.4. The summed E-state index contributed by atoms with van der Waals surface area (Å²) in [7, 11) is 4.32. The molecule has 1 aromatic rings. The molecule has 1 aliphatic heterocycles. The molecule has 0 amide bonds. The number of aromatic nitrogens is 1. The van der Waals surface area contributed by atoms with Gasteiger partial charge in [0.05, 0.1) is 0 Å². The number of aryl methyl sites for hydroxylation is 1. The van der Waals surface area contributed by atoms with Gasteiger partial charge < -0.3 is 15.1 Å². The van der Waals surface area contributed by atoms with E-state index in [4.69, 9.17) is 4.98 Å². The predicted molar refractivity (Wildman–Crippen MR) is 85.3 cm³/mol. The van der Waals surface area contributed by atoms with Crippen molar-refractivity contribution in [2.75, 3.05) is 32.1 Å². The highest BCUT2D eigenvalue weighted by Gasteiger charge is 2.25. The fourth-order valence-electron chi connectivity index (χ4n) is 2.73. The number of likely N-dealkylation sites (N-methyl/N-ethyl adjacent to an activating group) is 1. The van der Waals surface area contributed by atoms with Gasteiger partial charge in [-0.1, -0.05) is 13.8 Å². The predicted octanol–water partition coefficient (Wildman–Crippen LogP) is 2.03. The van der Waals surface area contributed by atoms with Gasteiger partial charge in [-0.05, 0) is 44.6 Å². The smallest absolute Gasteiger partial charge is 0.131 e. The van der Waals surface area contributed by atoms with E-state index in [1.807, 2.05) is 6.20 Å². The van der Waals surface area contributed by atoms with Crippen LogP contribution in [0.2, 0.25) is 0 Å². The van der Waals surface area contributed by atoms with Crippen LogP contribution in [0.15, 0.2) is 12.3 Å². The molecule has 20 heavy (non-hydrogen) atoms. The van der Waals surface area contributed by atoms with Crippen molar-refractivity contribution in [2.24, 2.45) is 0 Å². The van der Waals surface area contributed by atoms with Crippen LogP contribution in [0, 0.1) is 6.92 Å². The first-order chi connectivity index (χ1) is 9.47. The summed E-state index contributed by atoms with van der Waals surface area (Å²) in [4.78, 5) is 9.43. The zero-order valence-corrected chi connectivity index (χ0v) is 13.5. The second-order valence-electron chi connectivity index (χ2n) is 6.37. The highest BCUT2D eigenvalue weighted by atomic mass is 15.3. The highest BCUT2D eigenvalue weighted by Crippen LogP contribution is 2.24. The monoisotopic (exact) mass is 276 g/mol. The quantitative estimate of drug-likeness (QED) is 0.891. The van der Waals surface area contributed by atoms with Crippen LogP contribution in [0.1, 0.15) is 31.4 Å². The lowest BCUT2D eigenvalue weighted by atomic mass is 10.2. The third-order valence-corrected chi connectivity index (χ3v) is 4.01. The summed E-state index contributed by atoms with van der Waals surface area (Å²) in [5.74, 6) is 1.16. The molecule has 0 bridgehead atoms. The summed E-state index contributed by atoms with van der Waals surface area (Å²) in [6, 6.07) is 3.42. The second-order valence-corrected chi connectivity index (χ2v) is 6.37. The Morgan fingerprint density at radius 1 is 1.45 bits per heavy atom. The summed E-state index contributed by atoms with van der Waals surface area (Å²) < 4.78 is 0. The van der Waals surface area contributed by atoms with Crippen molar-refractivity contribution in [2.45, 2.75) is 45.8 Å². The van der Waals surface area contributed by atoms with E-state index in [0.29, 0.717) is 12.1 Å². The number of anilines is 1. The lowest BCUT2D eigenvalue weighted by Crippen LogP contribution is -2.32. The van der Waals surface area contributed by atoms with E-state index in [9.17, 15) is 0 Å². The van der Waals surface area contributed by atoms with E-state index >= 15 is 0 Å². The third kappa shape index (κ3) is 3.70. The molecule has 1 N–H and O–H groups in total. The Labute approximate surface area is 123 Å². The Morgan fingerprint density at radius 2 is 2.20 bits per heavy atom. The molecule has 4 nitrogen and oxygen atoms in total. The van der Waals surface area contributed by atoms with Crippen molar-refractivity contribution in [1.82, 2.24) is 15.2 Å². The first kappa shape index (κ1) is 15.3. The topological polar surface area (TPSA) is 31.4 Å². The van der Waals surface area contributed by atoms with Gasteiger partial charge in [-0.3, -0.25) is 0 Å². The third-order valence-electron chi connectivity index (χ3n) is 4.01. The second kappa shape index (κ2) is 6.55. The van der Waals surface area contributed by atoms with Crippen LogP contribution in [0.25, 0.3) is 0 Å². The molecule has 0 aromatic carbocycles. The van der Waals surface area contributed by atoms with Crippen LogP contribution < -0.4 is 10.2 Å². The van der Waals surface area contributed by atoms with Gasteiger partial charge in [0.15, 0.2) is 0 Å². The van der Waals surface area contributed by atoms with Crippen LogP contribution in [-0.4, -0.2) is 49.2 Å². The molecule has 0 saturated carbocycles. The summed E-state index contributed by atoms with van der Waals surface area (Å²) >= 11 is 0. The molecule has 1 fully saturated rings. The van der Waals surface area contributed by atoms with Crippen LogP contribution in [-0.2, 0) is 6.54 Å². The zero-order valence-electron chi connectivity index (χ0n) is 13.5. The lowest BCUT2D eigenvalue weighted by Gasteiger charge is -2.22. The van der Waals surface area contributed by atoms with E-state index in [-0.39, 0.29) is 0 Å². The van der Waals surface area contributed by atoms with Crippen LogP contribution in [0.3, 0.4) is 0 Å². The molecule has 112 valence electrons. The molecule has 0 aliphatic carbocycles. The highest BCUT2D eigenvalue weighted by molar-refractivity contribution is 5.48. The minimum Gasteiger partial charge on any atom is -0.355 e. The summed E-state index contributed by atoms with van der Waals surface area (Å²) in [5.41, 5.74) is 2.55. The molecular weight excluding hydrogens is 248 g/mol. The van der Waals surface area contributed by atoms with Crippen LogP contribution in [0.5, 0.6) is 0 Å². The molecule has 2 heterocycles. The average molecular weight is 276 g/mol. The van der Waals surface area contributed by atoms with Gasteiger partial charge in [-0.2, -0.15) is 0 Å². The molecule has 1 atom stereocenters. The fourth-order valence-corrected chi connectivity index (χ4v) is 2.73. The number of pyridine rings is 1. The van der Waals surface area contributed by atoms with Gasteiger partial charge >= 0.3 is 0 Å². The van der Waals surface area contributed by atoms with Crippen LogP contribution in [0.4, 0.5) is 5.82 Å². The SMILES string of the molecule is Cc1cc(CNC(C)C)cnc1N1CCC(N(C)C)C1. The molecular formula is C16H28N4. The zero-order chi connectivity index (χ0) is 14.7.